The number of hydrogen-bond donors (Lipinski definition) is 1. The predicted molar refractivity (Wildman–Crippen MR) is 78.7 cm³/mol. The largest absolute Gasteiger partial charge is 0.368 e. The third-order valence-corrected chi connectivity index (χ3v) is 3.37. The molecule has 0 saturated carbocycles. The molecule has 8 heteroatoms. The highest BCUT2D eigenvalue weighted by Gasteiger charge is 2.11. The first-order valence-corrected chi connectivity index (χ1v) is 7.17. The van der Waals surface area contributed by atoms with E-state index in [1.165, 1.54) is 11.8 Å². The summed E-state index contributed by atoms with van der Waals surface area (Å²) in [5.41, 5.74) is 6.75. The average molecular weight is 291 g/mol. The number of nitrogens with zero attached hydrogens (tertiary/aromatic N) is 6. The molecule has 0 atom stereocenters. The lowest BCUT2D eigenvalue weighted by Crippen LogP contribution is -2.25. The van der Waals surface area contributed by atoms with Crippen molar-refractivity contribution in [1.29, 1.82) is 0 Å². The molecule has 0 aliphatic rings. The van der Waals surface area contributed by atoms with E-state index in [0.717, 1.165) is 18.7 Å². The minimum absolute atomic E-state index is 0.205. The quantitative estimate of drug-likeness (QED) is 0.829. The summed E-state index contributed by atoms with van der Waals surface area (Å²) in [6.45, 7) is 7.64. The van der Waals surface area contributed by atoms with Crippen LogP contribution in [0.4, 0.5) is 11.9 Å². The standard InChI is InChI=1S/C12H17N7S/c1-4-19(5-2)10-16-9(13)17-12(18-10)20-11-14-6-8(3)7-15-11/h6-7H,4-5H2,1-3H3,(H2,13,16,17,18). The number of aryl methyl sites for hydroxylation is 1. The molecular weight excluding hydrogens is 274 g/mol. The second kappa shape index (κ2) is 6.47. The molecule has 0 saturated heterocycles. The van der Waals surface area contributed by atoms with Gasteiger partial charge in [-0.05, 0) is 38.1 Å². The average Bonchev–Trinajstić information content (AvgIpc) is 2.42. The van der Waals surface area contributed by atoms with Crippen molar-refractivity contribution in [2.24, 2.45) is 0 Å². The van der Waals surface area contributed by atoms with Crippen LogP contribution in [0, 0.1) is 6.92 Å². The Hall–Kier alpha value is -1.96. The lowest BCUT2D eigenvalue weighted by atomic mass is 10.4. The number of nitrogens with two attached hydrogens (primary N) is 1. The highest BCUT2D eigenvalue weighted by Crippen LogP contribution is 2.22. The van der Waals surface area contributed by atoms with Crippen molar-refractivity contribution in [3.63, 3.8) is 0 Å². The van der Waals surface area contributed by atoms with Crippen molar-refractivity contribution in [3.05, 3.63) is 18.0 Å². The fourth-order valence-electron chi connectivity index (χ4n) is 1.57. The first-order valence-electron chi connectivity index (χ1n) is 6.35. The Morgan fingerprint density at radius 3 is 2.30 bits per heavy atom. The van der Waals surface area contributed by atoms with Crippen LogP contribution in [0.3, 0.4) is 0 Å². The zero-order valence-corrected chi connectivity index (χ0v) is 12.6. The number of aromatic nitrogens is 5. The van der Waals surface area contributed by atoms with E-state index in [1.807, 2.05) is 25.7 Å². The van der Waals surface area contributed by atoms with Crippen molar-refractivity contribution < 1.29 is 0 Å². The second-order valence-corrected chi connectivity index (χ2v) is 5.03. The summed E-state index contributed by atoms with van der Waals surface area (Å²) in [6.07, 6.45) is 3.51. The van der Waals surface area contributed by atoms with Gasteiger partial charge in [0.05, 0.1) is 0 Å². The van der Waals surface area contributed by atoms with Gasteiger partial charge in [0.1, 0.15) is 0 Å². The van der Waals surface area contributed by atoms with E-state index in [-0.39, 0.29) is 5.95 Å². The third-order valence-electron chi connectivity index (χ3n) is 2.61. The Kier molecular flexibility index (Phi) is 4.67. The molecule has 0 radical (unpaired) electrons. The smallest absolute Gasteiger partial charge is 0.231 e. The van der Waals surface area contributed by atoms with Crippen LogP contribution in [-0.4, -0.2) is 38.0 Å². The topological polar surface area (TPSA) is 93.7 Å². The summed E-state index contributed by atoms with van der Waals surface area (Å²) in [7, 11) is 0. The molecule has 0 spiro atoms. The van der Waals surface area contributed by atoms with Crippen molar-refractivity contribution in [3.8, 4) is 0 Å². The van der Waals surface area contributed by atoms with E-state index >= 15 is 0 Å². The van der Waals surface area contributed by atoms with Crippen LogP contribution in [0.5, 0.6) is 0 Å². The molecule has 0 fully saturated rings. The van der Waals surface area contributed by atoms with E-state index in [1.54, 1.807) is 12.4 Å². The summed E-state index contributed by atoms with van der Waals surface area (Å²) in [4.78, 5) is 23.1. The Morgan fingerprint density at radius 1 is 1.05 bits per heavy atom. The van der Waals surface area contributed by atoms with Crippen LogP contribution in [0.25, 0.3) is 0 Å². The number of hydrogen-bond acceptors (Lipinski definition) is 8. The molecule has 7 nitrogen and oxygen atoms in total. The van der Waals surface area contributed by atoms with Crippen LogP contribution in [0.1, 0.15) is 19.4 Å². The highest BCUT2D eigenvalue weighted by molar-refractivity contribution is 7.99. The third kappa shape index (κ3) is 3.53. The van der Waals surface area contributed by atoms with Gasteiger partial charge < -0.3 is 10.6 Å². The monoisotopic (exact) mass is 291 g/mol. The second-order valence-electron chi connectivity index (χ2n) is 4.09. The SMILES string of the molecule is CCN(CC)c1nc(N)nc(Sc2ncc(C)cn2)n1. The molecule has 0 aromatic carbocycles. The lowest BCUT2D eigenvalue weighted by molar-refractivity contribution is 0.785. The Balaban J connectivity index is 2.25. The molecule has 2 rings (SSSR count). The van der Waals surface area contributed by atoms with Crippen LogP contribution in [0.15, 0.2) is 22.7 Å². The first kappa shape index (κ1) is 14.4. The molecule has 0 amide bonds. The van der Waals surface area contributed by atoms with Crippen molar-refractivity contribution in [2.75, 3.05) is 23.7 Å². The van der Waals surface area contributed by atoms with Crippen molar-refractivity contribution in [1.82, 2.24) is 24.9 Å². The molecule has 0 unspecified atom stereocenters. The molecule has 106 valence electrons. The number of nitrogen functional groups attached to an aromatic ring is 1. The molecule has 2 heterocycles. The molecule has 20 heavy (non-hydrogen) atoms. The summed E-state index contributed by atoms with van der Waals surface area (Å²) in [5.74, 6) is 0.786. The van der Waals surface area contributed by atoms with Crippen LogP contribution in [0.2, 0.25) is 0 Å². The van der Waals surface area contributed by atoms with Gasteiger partial charge in [0.2, 0.25) is 17.1 Å². The van der Waals surface area contributed by atoms with E-state index in [2.05, 4.69) is 24.9 Å². The summed E-state index contributed by atoms with van der Waals surface area (Å²) >= 11 is 1.27. The van der Waals surface area contributed by atoms with Crippen LogP contribution >= 0.6 is 11.8 Å². The van der Waals surface area contributed by atoms with Gasteiger partial charge in [-0.1, -0.05) is 0 Å². The Bertz CT molecular complexity index is 569. The molecule has 0 aliphatic heterocycles. The molecule has 2 aromatic rings. The maximum atomic E-state index is 5.74. The van der Waals surface area contributed by atoms with Crippen LogP contribution in [-0.2, 0) is 0 Å². The highest BCUT2D eigenvalue weighted by atomic mass is 32.2. The van der Waals surface area contributed by atoms with E-state index in [4.69, 9.17) is 5.73 Å². The minimum atomic E-state index is 0.205. The van der Waals surface area contributed by atoms with E-state index < -0.39 is 0 Å². The fraction of sp³-hybridized carbons (Fsp3) is 0.417. The Morgan fingerprint density at radius 2 is 1.70 bits per heavy atom. The van der Waals surface area contributed by atoms with Crippen LogP contribution < -0.4 is 10.6 Å². The predicted octanol–water partition coefficient (Wildman–Crippen LogP) is 1.55. The fourth-order valence-corrected chi connectivity index (χ4v) is 2.21. The zero-order chi connectivity index (χ0) is 14.5. The number of rotatable bonds is 5. The summed E-state index contributed by atoms with van der Waals surface area (Å²) in [6, 6.07) is 0. The molecule has 2 aromatic heterocycles. The summed E-state index contributed by atoms with van der Waals surface area (Å²) in [5, 5.41) is 1.09. The van der Waals surface area contributed by atoms with Gasteiger partial charge in [0, 0.05) is 25.5 Å². The normalized spacial score (nSPS) is 10.6. The van der Waals surface area contributed by atoms with E-state index in [0.29, 0.717) is 16.3 Å². The number of anilines is 2. The van der Waals surface area contributed by atoms with E-state index in [9.17, 15) is 0 Å². The molecule has 2 N–H and O–H groups in total. The Labute approximate surface area is 122 Å². The van der Waals surface area contributed by atoms with Crippen molar-refractivity contribution >= 4 is 23.7 Å². The van der Waals surface area contributed by atoms with Gasteiger partial charge in [0.15, 0.2) is 5.16 Å². The van der Waals surface area contributed by atoms with Gasteiger partial charge in [-0.3, -0.25) is 0 Å². The van der Waals surface area contributed by atoms with Gasteiger partial charge in [-0.15, -0.1) is 0 Å². The summed E-state index contributed by atoms with van der Waals surface area (Å²) < 4.78 is 0. The molecule has 0 aliphatic carbocycles. The zero-order valence-electron chi connectivity index (χ0n) is 11.7. The van der Waals surface area contributed by atoms with Gasteiger partial charge >= 0.3 is 0 Å². The van der Waals surface area contributed by atoms with Gasteiger partial charge in [0.25, 0.3) is 0 Å². The van der Waals surface area contributed by atoms with Crippen molar-refractivity contribution in [2.45, 2.75) is 31.1 Å². The first-order chi connectivity index (χ1) is 9.62. The minimum Gasteiger partial charge on any atom is -0.368 e. The lowest BCUT2D eigenvalue weighted by Gasteiger charge is -2.18. The molecule has 0 bridgehead atoms. The maximum absolute atomic E-state index is 5.74. The molecular formula is C12H17N7S. The maximum Gasteiger partial charge on any atom is 0.231 e. The van der Waals surface area contributed by atoms with Gasteiger partial charge in [-0.2, -0.15) is 15.0 Å². The van der Waals surface area contributed by atoms with Gasteiger partial charge in [-0.25, -0.2) is 9.97 Å².